The number of rotatable bonds is 8. The molecule has 1 aromatic carbocycles. The fraction of sp³-hybridized carbons (Fsp3) is 0.588. The molecule has 0 saturated heterocycles. The Kier molecular flexibility index (Phi) is 5.76. The smallest absolute Gasteiger partial charge is 0.0729 e. The minimum atomic E-state index is 0.232. The van der Waals surface area contributed by atoms with E-state index in [2.05, 4.69) is 50.4 Å². The molecule has 2 rings (SSSR count). The van der Waals surface area contributed by atoms with Crippen LogP contribution in [0.5, 0.6) is 0 Å². The molecule has 0 radical (unpaired) electrons. The van der Waals surface area contributed by atoms with Crippen molar-refractivity contribution in [1.82, 2.24) is 15.1 Å². The van der Waals surface area contributed by atoms with Gasteiger partial charge in [0.15, 0.2) is 0 Å². The Morgan fingerprint density at radius 3 is 2.67 bits per heavy atom. The number of likely N-dealkylation sites (N-methyl/N-ethyl adjacent to an activating group) is 1. The van der Waals surface area contributed by atoms with Gasteiger partial charge in [0.1, 0.15) is 0 Å². The molecule has 0 aliphatic heterocycles. The maximum atomic E-state index is 5.90. The van der Waals surface area contributed by atoms with E-state index in [-0.39, 0.29) is 6.10 Å². The number of benzene rings is 1. The predicted molar refractivity (Wildman–Crippen MR) is 87.6 cm³/mol. The summed E-state index contributed by atoms with van der Waals surface area (Å²) in [5.41, 5.74) is 2.34. The van der Waals surface area contributed by atoms with Crippen molar-refractivity contribution < 1.29 is 4.74 Å². The lowest BCUT2D eigenvalue weighted by molar-refractivity contribution is 0.0321. The van der Waals surface area contributed by atoms with E-state index in [0.717, 1.165) is 31.7 Å². The number of aryl methyl sites for hydroxylation is 1. The largest absolute Gasteiger partial charge is 0.377 e. The first-order chi connectivity index (χ1) is 10.2. The van der Waals surface area contributed by atoms with Gasteiger partial charge >= 0.3 is 0 Å². The van der Waals surface area contributed by atoms with Gasteiger partial charge in [0.05, 0.1) is 17.3 Å². The fourth-order valence-corrected chi connectivity index (χ4v) is 2.98. The van der Waals surface area contributed by atoms with Gasteiger partial charge in [0, 0.05) is 31.5 Å². The molecule has 2 unspecified atom stereocenters. The van der Waals surface area contributed by atoms with Crippen LogP contribution in [0.15, 0.2) is 24.3 Å². The second-order valence-electron chi connectivity index (χ2n) is 5.36. The monoisotopic (exact) mass is 289 g/mol. The zero-order valence-corrected chi connectivity index (χ0v) is 13.6. The topological polar surface area (TPSA) is 39.1 Å². The first-order valence-electron chi connectivity index (χ1n) is 7.96. The second kappa shape index (κ2) is 7.57. The molecule has 0 aliphatic carbocycles. The lowest BCUT2D eigenvalue weighted by Gasteiger charge is -2.26. The van der Waals surface area contributed by atoms with Crippen molar-refractivity contribution in [3.05, 3.63) is 30.0 Å². The first-order valence-corrected chi connectivity index (χ1v) is 7.96. The highest BCUT2D eigenvalue weighted by molar-refractivity contribution is 5.81. The van der Waals surface area contributed by atoms with Crippen LogP contribution in [0.1, 0.15) is 32.9 Å². The zero-order valence-electron chi connectivity index (χ0n) is 13.6. The Balaban J connectivity index is 2.26. The molecule has 21 heavy (non-hydrogen) atoms. The Hall–Kier alpha value is -1.39. The molecule has 1 heterocycles. The average Bonchev–Trinajstić information content (AvgIpc) is 2.81. The van der Waals surface area contributed by atoms with Crippen molar-refractivity contribution in [2.45, 2.75) is 45.8 Å². The van der Waals surface area contributed by atoms with E-state index in [4.69, 9.17) is 9.84 Å². The molecule has 0 bridgehead atoms. The summed E-state index contributed by atoms with van der Waals surface area (Å²) < 4.78 is 7.87. The maximum absolute atomic E-state index is 5.90. The molecule has 1 N–H and O–H groups in total. The average molecular weight is 289 g/mol. The van der Waals surface area contributed by atoms with E-state index in [0.29, 0.717) is 6.04 Å². The van der Waals surface area contributed by atoms with Crippen molar-refractivity contribution in [3.8, 4) is 0 Å². The molecular weight excluding hydrogens is 262 g/mol. The van der Waals surface area contributed by atoms with E-state index in [1.54, 1.807) is 0 Å². The Labute approximate surface area is 127 Å². The van der Waals surface area contributed by atoms with E-state index >= 15 is 0 Å². The van der Waals surface area contributed by atoms with Crippen LogP contribution in [-0.4, -0.2) is 35.1 Å². The van der Waals surface area contributed by atoms with Crippen LogP contribution in [0.2, 0.25) is 0 Å². The minimum absolute atomic E-state index is 0.232. The zero-order chi connectivity index (χ0) is 15.2. The molecule has 2 atom stereocenters. The van der Waals surface area contributed by atoms with Gasteiger partial charge < -0.3 is 10.1 Å². The lowest BCUT2D eigenvalue weighted by Crippen LogP contribution is -2.43. The molecule has 0 amide bonds. The summed E-state index contributed by atoms with van der Waals surface area (Å²) in [4.78, 5) is 0. The number of hydrogen-bond donors (Lipinski definition) is 1. The maximum Gasteiger partial charge on any atom is 0.0729 e. The molecule has 0 saturated carbocycles. The van der Waals surface area contributed by atoms with Crippen molar-refractivity contribution in [2.75, 3.05) is 13.2 Å². The van der Waals surface area contributed by atoms with Crippen LogP contribution < -0.4 is 5.32 Å². The van der Waals surface area contributed by atoms with Gasteiger partial charge in [-0.2, -0.15) is 5.10 Å². The molecule has 2 aromatic rings. The number of aromatic nitrogens is 2. The van der Waals surface area contributed by atoms with Gasteiger partial charge in [0.2, 0.25) is 0 Å². The fourth-order valence-electron chi connectivity index (χ4n) is 2.98. The van der Waals surface area contributed by atoms with Gasteiger partial charge in [-0.15, -0.1) is 0 Å². The molecule has 0 aliphatic rings. The van der Waals surface area contributed by atoms with E-state index in [1.165, 1.54) is 10.9 Å². The minimum Gasteiger partial charge on any atom is -0.377 e. The highest BCUT2D eigenvalue weighted by Crippen LogP contribution is 2.20. The Bertz CT molecular complexity index is 564. The molecule has 4 heteroatoms. The molecule has 1 aromatic heterocycles. The third-order valence-electron chi connectivity index (χ3n) is 3.95. The predicted octanol–water partition coefficient (Wildman–Crippen LogP) is 2.91. The van der Waals surface area contributed by atoms with Crippen LogP contribution in [-0.2, 0) is 18.2 Å². The number of fused-ring (bicyclic) bond motifs is 1. The van der Waals surface area contributed by atoms with Crippen LogP contribution in [0.4, 0.5) is 0 Å². The highest BCUT2D eigenvalue weighted by atomic mass is 16.5. The molecule has 0 spiro atoms. The normalized spacial score (nSPS) is 14.5. The van der Waals surface area contributed by atoms with Crippen LogP contribution >= 0.6 is 0 Å². The van der Waals surface area contributed by atoms with Crippen molar-refractivity contribution in [2.24, 2.45) is 7.05 Å². The van der Waals surface area contributed by atoms with Crippen LogP contribution in [0, 0.1) is 0 Å². The van der Waals surface area contributed by atoms with Gasteiger partial charge in [-0.3, -0.25) is 4.68 Å². The second-order valence-corrected chi connectivity index (χ2v) is 5.36. The SMILES string of the molecule is CCNC(Cc1nn(C)c2ccccc12)C(CC)OCC. The highest BCUT2D eigenvalue weighted by Gasteiger charge is 2.22. The first kappa shape index (κ1) is 16.0. The van der Waals surface area contributed by atoms with Gasteiger partial charge in [0.25, 0.3) is 0 Å². The van der Waals surface area contributed by atoms with Crippen molar-refractivity contribution in [1.29, 1.82) is 0 Å². The lowest BCUT2D eigenvalue weighted by atomic mass is 10.0. The van der Waals surface area contributed by atoms with Gasteiger partial charge in [-0.05, 0) is 26.0 Å². The third kappa shape index (κ3) is 3.63. The van der Waals surface area contributed by atoms with Crippen LogP contribution in [0.25, 0.3) is 10.9 Å². The summed E-state index contributed by atoms with van der Waals surface area (Å²) in [6.45, 7) is 8.08. The van der Waals surface area contributed by atoms with E-state index in [1.807, 2.05) is 11.7 Å². The number of nitrogens with one attached hydrogen (secondary N) is 1. The van der Waals surface area contributed by atoms with Crippen molar-refractivity contribution >= 4 is 10.9 Å². The molecule has 4 nitrogen and oxygen atoms in total. The molecular formula is C17H27N3O. The van der Waals surface area contributed by atoms with E-state index in [9.17, 15) is 0 Å². The number of para-hydroxylation sites is 1. The van der Waals surface area contributed by atoms with Gasteiger partial charge in [-0.25, -0.2) is 0 Å². The summed E-state index contributed by atoms with van der Waals surface area (Å²) in [5.74, 6) is 0. The molecule has 116 valence electrons. The Morgan fingerprint density at radius 2 is 2.00 bits per heavy atom. The Morgan fingerprint density at radius 1 is 1.24 bits per heavy atom. The standard InChI is InChI=1S/C17H27N3O/c1-5-17(21-7-3)15(18-6-2)12-14-13-10-8-9-11-16(13)20(4)19-14/h8-11,15,17-18H,5-7,12H2,1-4H3. The molecule has 0 fully saturated rings. The van der Waals surface area contributed by atoms with E-state index < -0.39 is 0 Å². The summed E-state index contributed by atoms with van der Waals surface area (Å²) in [6, 6.07) is 8.72. The summed E-state index contributed by atoms with van der Waals surface area (Å²) >= 11 is 0. The van der Waals surface area contributed by atoms with Crippen molar-refractivity contribution in [3.63, 3.8) is 0 Å². The summed E-state index contributed by atoms with van der Waals surface area (Å²) in [6.07, 6.45) is 2.14. The summed E-state index contributed by atoms with van der Waals surface area (Å²) in [5, 5.41) is 9.52. The van der Waals surface area contributed by atoms with Crippen LogP contribution in [0.3, 0.4) is 0 Å². The number of nitrogens with zero attached hydrogens (tertiary/aromatic N) is 2. The number of hydrogen-bond acceptors (Lipinski definition) is 3. The van der Waals surface area contributed by atoms with Gasteiger partial charge in [-0.1, -0.05) is 32.0 Å². The third-order valence-corrected chi connectivity index (χ3v) is 3.95. The number of ether oxygens (including phenoxy) is 1. The quantitative estimate of drug-likeness (QED) is 0.812. The summed E-state index contributed by atoms with van der Waals surface area (Å²) in [7, 11) is 2.01.